The van der Waals surface area contributed by atoms with Crippen LogP contribution in [0.4, 0.5) is 0 Å². The quantitative estimate of drug-likeness (QED) is 0.651. The Labute approximate surface area is 93.9 Å². The maximum absolute atomic E-state index is 11.1. The molecule has 0 aliphatic carbocycles. The van der Waals surface area contributed by atoms with Gasteiger partial charge in [-0.15, -0.1) is 10.2 Å². The second-order valence-electron chi connectivity index (χ2n) is 3.29. The molecule has 0 radical (unpaired) electrons. The number of nitrogens with one attached hydrogen (secondary N) is 1. The van der Waals surface area contributed by atoms with Gasteiger partial charge in [-0.05, 0) is 17.3 Å². The predicted molar refractivity (Wildman–Crippen MR) is 55.3 cm³/mol. The van der Waals surface area contributed by atoms with E-state index in [9.17, 15) is 4.79 Å². The number of H-pyrrole nitrogens is 1. The molecular formula is C9H6N6O2. The summed E-state index contributed by atoms with van der Waals surface area (Å²) in [5, 5.41) is 22.5. The molecule has 84 valence electrons. The Bertz CT molecular complexity index is 687. The SMILES string of the molecule is O=C(O)c1cccc2ncc(-c3nn[nH]n3)n12. The molecule has 8 nitrogen and oxygen atoms in total. The van der Waals surface area contributed by atoms with Gasteiger partial charge in [-0.3, -0.25) is 4.40 Å². The van der Waals surface area contributed by atoms with E-state index in [-0.39, 0.29) is 5.69 Å². The lowest BCUT2D eigenvalue weighted by molar-refractivity contribution is 0.0689. The second-order valence-corrected chi connectivity index (χ2v) is 3.29. The molecule has 0 saturated carbocycles. The number of nitrogens with zero attached hydrogens (tertiary/aromatic N) is 5. The Balaban J connectivity index is 2.37. The largest absolute Gasteiger partial charge is 0.477 e. The molecule has 0 unspecified atom stereocenters. The first-order chi connectivity index (χ1) is 8.27. The van der Waals surface area contributed by atoms with E-state index in [0.717, 1.165) is 0 Å². The summed E-state index contributed by atoms with van der Waals surface area (Å²) in [6.07, 6.45) is 1.51. The van der Waals surface area contributed by atoms with E-state index in [1.54, 1.807) is 12.1 Å². The maximum atomic E-state index is 11.1. The van der Waals surface area contributed by atoms with Crippen LogP contribution in [0.5, 0.6) is 0 Å². The normalized spacial score (nSPS) is 10.8. The van der Waals surface area contributed by atoms with Gasteiger partial charge in [-0.2, -0.15) is 5.21 Å². The van der Waals surface area contributed by atoms with Crippen molar-refractivity contribution in [1.29, 1.82) is 0 Å². The van der Waals surface area contributed by atoms with Crippen molar-refractivity contribution in [2.75, 3.05) is 0 Å². The van der Waals surface area contributed by atoms with E-state index in [2.05, 4.69) is 25.6 Å². The highest BCUT2D eigenvalue weighted by Gasteiger charge is 2.15. The number of carboxylic acids is 1. The Morgan fingerprint density at radius 1 is 1.41 bits per heavy atom. The van der Waals surface area contributed by atoms with Crippen LogP contribution in [0.1, 0.15) is 10.5 Å². The van der Waals surface area contributed by atoms with Gasteiger partial charge in [-0.1, -0.05) is 6.07 Å². The van der Waals surface area contributed by atoms with Crippen LogP contribution in [0.15, 0.2) is 24.4 Å². The summed E-state index contributed by atoms with van der Waals surface area (Å²) in [6, 6.07) is 4.82. The number of rotatable bonds is 2. The Hall–Kier alpha value is -2.77. The van der Waals surface area contributed by atoms with Crippen molar-refractivity contribution in [3.63, 3.8) is 0 Å². The summed E-state index contributed by atoms with van der Waals surface area (Å²) in [5.74, 6) is -0.746. The second kappa shape index (κ2) is 3.37. The zero-order chi connectivity index (χ0) is 11.8. The van der Waals surface area contributed by atoms with E-state index < -0.39 is 5.97 Å². The number of imidazole rings is 1. The van der Waals surface area contributed by atoms with Crippen molar-refractivity contribution in [1.82, 2.24) is 30.0 Å². The van der Waals surface area contributed by atoms with Crippen LogP contribution < -0.4 is 0 Å². The highest BCUT2D eigenvalue weighted by Crippen LogP contribution is 2.18. The standard InChI is InChI=1S/C9H6N6O2/c16-9(17)5-2-1-3-7-10-4-6(15(5)7)8-11-13-14-12-8/h1-4H,(H,16,17)(H,11,12,13,14). The maximum Gasteiger partial charge on any atom is 0.352 e. The van der Waals surface area contributed by atoms with Gasteiger partial charge in [0.15, 0.2) is 0 Å². The van der Waals surface area contributed by atoms with Crippen molar-refractivity contribution in [2.45, 2.75) is 0 Å². The van der Waals surface area contributed by atoms with Crippen LogP contribution in [-0.4, -0.2) is 41.1 Å². The first kappa shape index (κ1) is 9.46. The van der Waals surface area contributed by atoms with Crippen LogP contribution in [0.25, 0.3) is 17.2 Å². The summed E-state index contributed by atoms with van der Waals surface area (Å²) < 4.78 is 1.47. The lowest BCUT2D eigenvalue weighted by Gasteiger charge is -2.02. The summed E-state index contributed by atoms with van der Waals surface area (Å²) >= 11 is 0. The van der Waals surface area contributed by atoms with Crippen molar-refractivity contribution in [3.05, 3.63) is 30.1 Å². The number of fused-ring (bicyclic) bond motifs is 1. The molecule has 0 amide bonds. The number of pyridine rings is 1. The molecule has 0 bridgehead atoms. The minimum atomic E-state index is -1.04. The van der Waals surface area contributed by atoms with Crippen LogP contribution in [0, 0.1) is 0 Å². The van der Waals surface area contributed by atoms with Gasteiger partial charge < -0.3 is 5.11 Å². The van der Waals surface area contributed by atoms with Crippen LogP contribution in [0.2, 0.25) is 0 Å². The molecule has 0 fully saturated rings. The molecule has 3 aromatic heterocycles. The molecule has 17 heavy (non-hydrogen) atoms. The minimum absolute atomic E-state index is 0.0970. The van der Waals surface area contributed by atoms with Gasteiger partial charge in [0.25, 0.3) is 0 Å². The van der Waals surface area contributed by atoms with Crippen LogP contribution >= 0.6 is 0 Å². The number of tetrazole rings is 1. The molecule has 3 rings (SSSR count). The Kier molecular flexibility index (Phi) is 1.87. The molecule has 3 heterocycles. The number of carbonyl (C=O) groups is 1. The first-order valence-corrected chi connectivity index (χ1v) is 4.71. The first-order valence-electron chi connectivity index (χ1n) is 4.71. The molecule has 3 aromatic rings. The average molecular weight is 230 g/mol. The highest BCUT2D eigenvalue weighted by atomic mass is 16.4. The third kappa shape index (κ3) is 1.34. The van der Waals surface area contributed by atoms with Crippen LogP contribution in [-0.2, 0) is 0 Å². The lowest BCUT2D eigenvalue weighted by Crippen LogP contribution is -2.05. The number of aromatic nitrogens is 6. The Morgan fingerprint density at radius 3 is 3.00 bits per heavy atom. The van der Waals surface area contributed by atoms with Gasteiger partial charge in [0, 0.05) is 0 Å². The van der Waals surface area contributed by atoms with Crippen molar-refractivity contribution in [2.24, 2.45) is 0 Å². The summed E-state index contributed by atoms with van der Waals surface area (Å²) in [7, 11) is 0. The average Bonchev–Trinajstić information content (AvgIpc) is 2.96. The molecule has 2 N–H and O–H groups in total. The molecule has 0 aliphatic rings. The molecule has 0 aliphatic heterocycles. The van der Waals surface area contributed by atoms with E-state index in [1.165, 1.54) is 16.7 Å². The lowest BCUT2D eigenvalue weighted by atomic mass is 10.3. The van der Waals surface area contributed by atoms with Crippen LogP contribution in [0.3, 0.4) is 0 Å². The summed E-state index contributed by atoms with van der Waals surface area (Å²) in [5.41, 5.74) is 1.09. The number of aromatic carboxylic acids is 1. The zero-order valence-corrected chi connectivity index (χ0v) is 8.40. The molecular weight excluding hydrogens is 224 g/mol. The summed E-state index contributed by atoms with van der Waals surface area (Å²) in [4.78, 5) is 15.2. The van der Waals surface area contributed by atoms with Crippen molar-refractivity contribution in [3.8, 4) is 11.5 Å². The number of hydrogen-bond acceptors (Lipinski definition) is 5. The predicted octanol–water partition coefficient (Wildman–Crippen LogP) is 0.213. The smallest absolute Gasteiger partial charge is 0.352 e. The zero-order valence-electron chi connectivity index (χ0n) is 8.40. The monoisotopic (exact) mass is 230 g/mol. The van der Waals surface area contributed by atoms with E-state index in [0.29, 0.717) is 17.2 Å². The molecule has 0 spiro atoms. The molecule has 8 heteroatoms. The minimum Gasteiger partial charge on any atom is -0.477 e. The van der Waals surface area contributed by atoms with Gasteiger partial charge in [0.1, 0.15) is 17.0 Å². The third-order valence-electron chi connectivity index (χ3n) is 2.32. The van der Waals surface area contributed by atoms with Gasteiger partial charge in [0.2, 0.25) is 5.82 Å². The number of carboxylic acid groups (broad SMARTS) is 1. The molecule has 0 aromatic carbocycles. The third-order valence-corrected chi connectivity index (χ3v) is 2.32. The fourth-order valence-electron chi connectivity index (χ4n) is 1.63. The molecule has 0 atom stereocenters. The van der Waals surface area contributed by atoms with Gasteiger partial charge in [-0.25, -0.2) is 9.78 Å². The van der Waals surface area contributed by atoms with E-state index in [1.807, 2.05) is 0 Å². The van der Waals surface area contributed by atoms with Gasteiger partial charge in [0.05, 0.1) is 6.20 Å². The summed E-state index contributed by atoms with van der Waals surface area (Å²) in [6.45, 7) is 0. The molecule has 0 saturated heterocycles. The van der Waals surface area contributed by atoms with Crippen molar-refractivity contribution < 1.29 is 9.90 Å². The van der Waals surface area contributed by atoms with E-state index >= 15 is 0 Å². The Morgan fingerprint density at radius 2 is 2.29 bits per heavy atom. The van der Waals surface area contributed by atoms with Gasteiger partial charge >= 0.3 is 5.97 Å². The number of hydrogen-bond donors (Lipinski definition) is 2. The number of aromatic amines is 1. The van der Waals surface area contributed by atoms with E-state index in [4.69, 9.17) is 5.11 Å². The fraction of sp³-hybridized carbons (Fsp3) is 0. The van der Waals surface area contributed by atoms with Crippen molar-refractivity contribution >= 4 is 11.6 Å². The fourth-order valence-corrected chi connectivity index (χ4v) is 1.63. The highest BCUT2D eigenvalue weighted by molar-refractivity contribution is 5.87. The topological polar surface area (TPSA) is 109 Å².